The molecule has 0 saturated carbocycles. The zero-order chi connectivity index (χ0) is 13.9. The molecule has 0 bridgehead atoms. The fraction of sp³-hybridized carbons (Fsp3) is 0.571. The van der Waals surface area contributed by atoms with E-state index in [4.69, 9.17) is 5.73 Å². The van der Waals surface area contributed by atoms with Crippen LogP contribution in [0.25, 0.3) is 0 Å². The Kier molecular flexibility index (Phi) is 4.93. The SMILES string of the molecule is CCc1ccc(CC)c(C(N)C(C)S(C)(=O)=O)c1. The van der Waals surface area contributed by atoms with E-state index in [0.29, 0.717) is 0 Å². The van der Waals surface area contributed by atoms with E-state index >= 15 is 0 Å². The Bertz CT molecular complexity index is 509. The molecule has 1 aromatic carbocycles. The number of nitrogens with two attached hydrogens (primary N) is 1. The van der Waals surface area contributed by atoms with Crippen LogP contribution in [0.1, 0.15) is 43.5 Å². The number of aryl methyl sites for hydroxylation is 2. The van der Waals surface area contributed by atoms with Crippen molar-refractivity contribution in [3.8, 4) is 0 Å². The summed E-state index contributed by atoms with van der Waals surface area (Å²) in [6.45, 7) is 5.82. The molecule has 0 amide bonds. The van der Waals surface area contributed by atoms with Crippen LogP contribution < -0.4 is 5.73 Å². The Balaban J connectivity index is 3.22. The van der Waals surface area contributed by atoms with Crippen LogP contribution in [0.2, 0.25) is 0 Å². The van der Waals surface area contributed by atoms with E-state index < -0.39 is 21.1 Å². The maximum Gasteiger partial charge on any atom is 0.151 e. The Hall–Kier alpha value is -0.870. The number of hydrogen-bond acceptors (Lipinski definition) is 3. The van der Waals surface area contributed by atoms with E-state index in [1.54, 1.807) is 6.92 Å². The van der Waals surface area contributed by atoms with Gasteiger partial charge in [0.1, 0.15) is 0 Å². The normalized spacial score (nSPS) is 15.4. The van der Waals surface area contributed by atoms with E-state index in [1.807, 2.05) is 6.07 Å². The largest absolute Gasteiger partial charge is 0.323 e. The molecule has 102 valence electrons. The van der Waals surface area contributed by atoms with Crippen molar-refractivity contribution in [3.63, 3.8) is 0 Å². The summed E-state index contributed by atoms with van der Waals surface area (Å²) < 4.78 is 23.2. The van der Waals surface area contributed by atoms with Crippen molar-refractivity contribution >= 4 is 9.84 Å². The molecule has 0 radical (unpaired) electrons. The molecule has 2 N–H and O–H groups in total. The first-order chi connectivity index (χ1) is 8.31. The molecule has 1 rings (SSSR count). The lowest BCUT2D eigenvalue weighted by molar-refractivity contribution is 0.569. The molecule has 0 spiro atoms. The molecule has 18 heavy (non-hydrogen) atoms. The summed E-state index contributed by atoms with van der Waals surface area (Å²) in [6.07, 6.45) is 3.04. The Labute approximate surface area is 110 Å². The fourth-order valence-electron chi connectivity index (χ4n) is 2.02. The van der Waals surface area contributed by atoms with Crippen molar-refractivity contribution in [2.24, 2.45) is 5.73 Å². The molecule has 0 aliphatic heterocycles. The first-order valence-corrected chi connectivity index (χ1v) is 8.32. The van der Waals surface area contributed by atoms with E-state index in [-0.39, 0.29) is 0 Å². The molecule has 0 saturated heterocycles. The van der Waals surface area contributed by atoms with E-state index in [9.17, 15) is 8.42 Å². The molecule has 0 aliphatic carbocycles. The Morgan fingerprint density at radius 3 is 2.28 bits per heavy atom. The van der Waals surface area contributed by atoms with Crippen LogP contribution in [0.15, 0.2) is 18.2 Å². The molecule has 1 aromatic rings. The highest BCUT2D eigenvalue weighted by Crippen LogP contribution is 2.24. The molecular weight excluding hydrogens is 246 g/mol. The van der Waals surface area contributed by atoms with Crippen molar-refractivity contribution < 1.29 is 8.42 Å². The maximum absolute atomic E-state index is 11.6. The summed E-state index contributed by atoms with van der Waals surface area (Å²) in [5.74, 6) is 0. The van der Waals surface area contributed by atoms with Crippen molar-refractivity contribution in [2.45, 2.75) is 44.9 Å². The summed E-state index contributed by atoms with van der Waals surface area (Å²) in [4.78, 5) is 0. The van der Waals surface area contributed by atoms with Gasteiger partial charge in [0.15, 0.2) is 9.84 Å². The summed E-state index contributed by atoms with van der Waals surface area (Å²) in [5.41, 5.74) is 9.44. The van der Waals surface area contributed by atoms with Crippen LogP contribution in [-0.2, 0) is 22.7 Å². The topological polar surface area (TPSA) is 60.2 Å². The summed E-state index contributed by atoms with van der Waals surface area (Å²) in [6, 6.07) is 5.73. The van der Waals surface area contributed by atoms with Crippen molar-refractivity contribution in [1.82, 2.24) is 0 Å². The van der Waals surface area contributed by atoms with Crippen LogP contribution >= 0.6 is 0 Å². The highest BCUT2D eigenvalue weighted by molar-refractivity contribution is 7.91. The fourth-order valence-corrected chi connectivity index (χ4v) is 2.70. The van der Waals surface area contributed by atoms with Gasteiger partial charge in [-0.1, -0.05) is 32.0 Å². The molecule has 0 heterocycles. The second-order valence-electron chi connectivity index (χ2n) is 4.80. The van der Waals surface area contributed by atoms with E-state index in [1.165, 1.54) is 11.8 Å². The molecular formula is C14H23NO2S. The number of hydrogen-bond donors (Lipinski definition) is 1. The van der Waals surface area contributed by atoms with Crippen LogP contribution in [0.3, 0.4) is 0 Å². The quantitative estimate of drug-likeness (QED) is 0.892. The van der Waals surface area contributed by atoms with Crippen LogP contribution in [0, 0.1) is 0 Å². The zero-order valence-corrected chi connectivity index (χ0v) is 12.4. The van der Waals surface area contributed by atoms with Crippen molar-refractivity contribution in [3.05, 3.63) is 34.9 Å². The van der Waals surface area contributed by atoms with Gasteiger partial charge in [-0.3, -0.25) is 0 Å². The van der Waals surface area contributed by atoms with Gasteiger partial charge in [0.05, 0.1) is 5.25 Å². The minimum absolute atomic E-state index is 0.457. The van der Waals surface area contributed by atoms with Crippen molar-refractivity contribution in [2.75, 3.05) is 6.26 Å². The average Bonchev–Trinajstić information content (AvgIpc) is 2.35. The smallest absolute Gasteiger partial charge is 0.151 e. The van der Waals surface area contributed by atoms with Gasteiger partial charge in [0, 0.05) is 12.3 Å². The summed E-state index contributed by atoms with van der Waals surface area (Å²) in [7, 11) is -3.12. The third kappa shape index (κ3) is 3.33. The summed E-state index contributed by atoms with van der Waals surface area (Å²) in [5, 5.41) is -0.560. The third-order valence-electron chi connectivity index (χ3n) is 3.54. The number of rotatable bonds is 5. The highest BCUT2D eigenvalue weighted by Gasteiger charge is 2.25. The van der Waals surface area contributed by atoms with Crippen molar-refractivity contribution in [1.29, 1.82) is 0 Å². The number of sulfone groups is 1. The molecule has 0 aromatic heterocycles. The van der Waals surface area contributed by atoms with Gasteiger partial charge in [-0.05, 0) is 36.5 Å². The Morgan fingerprint density at radius 2 is 1.83 bits per heavy atom. The lowest BCUT2D eigenvalue weighted by Gasteiger charge is -2.22. The molecule has 2 atom stereocenters. The van der Waals surface area contributed by atoms with Gasteiger partial charge < -0.3 is 5.73 Å². The van der Waals surface area contributed by atoms with Crippen LogP contribution in [-0.4, -0.2) is 19.9 Å². The maximum atomic E-state index is 11.6. The number of benzene rings is 1. The molecule has 4 heteroatoms. The standard InChI is InChI=1S/C14H23NO2S/c1-5-11-7-8-12(6-2)13(9-11)14(15)10(3)18(4,16)17/h7-10,14H,5-6,15H2,1-4H3. The van der Waals surface area contributed by atoms with Gasteiger partial charge in [0.2, 0.25) is 0 Å². The van der Waals surface area contributed by atoms with E-state index in [0.717, 1.165) is 24.0 Å². The second kappa shape index (κ2) is 5.85. The lowest BCUT2D eigenvalue weighted by Crippen LogP contribution is -2.31. The van der Waals surface area contributed by atoms with Crippen LogP contribution in [0.4, 0.5) is 0 Å². The van der Waals surface area contributed by atoms with Crippen LogP contribution in [0.5, 0.6) is 0 Å². The highest BCUT2D eigenvalue weighted by atomic mass is 32.2. The zero-order valence-electron chi connectivity index (χ0n) is 11.6. The van der Waals surface area contributed by atoms with E-state index in [2.05, 4.69) is 26.0 Å². The summed E-state index contributed by atoms with van der Waals surface area (Å²) >= 11 is 0. The predicted molar refractivity (Wildman–Crippen MR) is 76.4 cm³/mol. The van der Waals surface area contributed by atoms with Gasteiger partial charge in [-0.2, -0.15) is 0 Å². The molecule has 3 nitrogen and oxygen atoms in total. The van der Waals surface area contributed by atoms with Gasteiger partial charge in [-0.15, -0.1) is 0 Å². The third-order valence-corrected chi connectivity index (χ3v) is 5.18. The molecule has 2 unspecified atom stereocenters. The predicted octanol–water partition coefficient (Wildman–Crippen LogP) is 2.24. The molecule has 0 aliphatic rings. The lowest BCUT2D eigenvalue weighted by atomic mass is 9.94. The minimum atomic E-state index is -3.12. The average molecular weight is 269 g/mol. The van der Waals surface area contributed by atoms with Gasteiger partial charge in [-0.25, -0.2) is 8.42 Å². The van der Waals surface area contributed by atoms with Gasteiger partial charge >= 0.3 is 0 Å². The monoisotopic (exact) mass is 269 g/mol. The first-order valence-electron chi connectivity index (χ1n) is 6.37. The van der Waals surface area contributed by atoms with Gasteiger partial charge in [0.25, 0.3) is 0 Å². The first kappa shape index (κ1) is 15.2. The Morgan fingerprint density at radius 1 is 1.22 bits per heavy atom. The second-order valence-corrected chi connectivity index (χ2v) is 7.20. The minimum Gasteiger partial charge on any atom is -0.323 e. The molecule has 0 fully saturated rings.